The van der Waals surface area contributed by atoms with Gasteiger partial charge in [-0.2, -0.15) is 12.6 Å². The first-order valence-corrected chi connectivity index (χ1v) is 6.40. The summed E-state index contributed by atoms with van der Waals surface area (Å²) < 4.78 is 0. The smallest absolute Gasteiger partial charge is 0.221 e. The van der Waals surface area contributed by atoms with Crippen molar-refractivity contribution in [2.45, 2.75) is 31.7 Å². The molecule has 0 bridgehead atoms. The molecule has 1 aliphatic carbocycles. The van der Waals surface area contributed by atoms with E-state index in [2.05, 4.69) is 42.2 Å². The third-order valence-electron chi connectivity index (χ3n) is 3.05. The van der Waals surface area contributed by atoms with Gasteiger partial charge in [0, 0.05) is 12.5 Å². The molecule has 0 heterocycles. The van der Waals surface area contributed by atoms with Crippen molar-refractivity contribution >= 4 is 18.5 Å². The lowest BCUT2D eigenvalue weighted by molar-refractivity contribution is -0.121. The van der Waals surface area contributed by atoms with Crippen LogP contribution in [0.1, 0.15) is 24.0 Å². The molecule has 3 heteroatoms. The molecular weight excluding hydrogens is 218 g/mol. The number of fused-ring (bicyclic) bond motifs is 1. The van der Waals surface area contributed by atoms with E-state index in [1.54, 1.807) is 0 Å². The first-order chi connectivity index (χ1) is 7.79. The number of rotatable bonds is 3. The summed E-state index contributed by atoms with van der Waals surface area (Å²) in [5, 5.41) is 3.07. The lowest BCUT2D eigenvalue weighted by Crippen LogP contribution is -2.38. The van der Waals surface area contributed by atoms with E-state index in [-0.39, 0.29) is 5.91 Å². The van der Waals surface area contributed by atoms with Gasteiger partial charge < -0.3 is 5.32 Å². The molecule has 1 atom stereocenters. The predicted molar refractivity (Wildman–Crippen MR) is 68.9 cm³/mol. The first kappa shape index (κ1) is 11.5. The number of carbonyl (C=O) groups excluding carboxylic acids is 1. The molecule has 1 amide bonds. The zero-order valence-electron chi connectivity index (χ0n) is 9.28. The van der Waals surface area contributed by atoms with Crippen molar-refractivity contribution in [2.75, 3.05) is 5.75 Å². The molecule has 0 aromatic heterocycles. The summed E-state index contributed by atoms with van der Waals surface area (Å²) in [4.78, 5) is 11.5. The Morgan fingerprint density at radius 2 is 2.12 bits per heavy atom. The van der Waals surface area contributed by atoms with Crippen molar-refractivity contribution in [1.29, 1.82) is 0 Å². The van der Waals surface area contributed by atoms with Crippen LogP contribution < -0.4 is 5.32 Å². The number of benzene rings is 1. The quantitative estimate of drug-likeness (QED) is 0.771. The third-order valence-corrected chi connectivity index (χ3v) is 3.27. The topological polar surface area (TPSA) is 29.1 Å². The van der Waals surface area contributed by atoms with Crippen LogP contribution >= 0.6 is 12.6 Å². The van der Waals surface area contributed by atoms with E-state index in [0.29, 0.717) is 18.2 Å². The normalized spacial score (nSPS) is 18.9. The summed E-state index contributed by atoms with van der Waals surface area (Å²) in [6.07, 6.45) is 3.60. The van der Waals surface area contributed by atoms with Gasteiger partial charge in [0.05, 0.1) is 0 Å². The van der Waals surface area contributed by atoms with Crippen molar-refractivity contribution in [2.24, 2.45) is 0 Å². The molecule has 16 heavy (non-hydrogen) atoms. The van der Waals surface area contributed by atoms with Crippen LogP contribution in [-0.4, -0.2) is 17.7 Å². The lowest BCUT2D eigenvalue weighted by Gasteiger charge is -2.25. The second-order valence-corrected chi connectivity index (χ2v) is 4.70. The number of hydrogen-bond acceptors (Lipinski definition) is 2. The molecule has 1 aromatic rings. The van der Waals surface area contributed by atoms with E-state index in [1.807, 2.05) is 0 Å². The van der Waals surface area contributed by atoms with Gasteiger partial charge >= 0.3 is 0 Å². The molecule has 0 spiro atoms. The molecule has 1 unspecified atom stereocenters. The fraction of sp³-hybridized carbons (Fsp3) is 0.462. The Labute approximate surface area is 102 Å². The molecular formula is C13H17NOS. The van der Waals surface area contributed by atoms with E-state index >= 15 is 0 Å². The molecule has 0 aliphatic heterocycles. The highest BCUT2D eigenvalue weighted by Crippen LogP contribution is 2.20. The Morgan fingerprint density at radius 3 is 2.88 bits per heavy atom. The van der Waals surface area contributed by atoms with Gasteiger partial charge in [-0.25, -0.2) is 0 Å². The van der Waals surface area contributed by atoms with Crippen LogP contribution in [0.25, 0.3) is 0 Å². The minimum Gasteiger partial charge on any atom is -0.353 e. The maximum absolute atomic E-state index is 11.5. The third kappa shape index (κ3) is 2.79. The van der Waals surface area contributed by atoms with Crippen LogP contribution in [0.4, 0.5) is 0 Å². The zero-order valence-corrected chi connectivity index (χ0v) is 10.2. The first-order valence-electron chi connectivity index (χ1n) is 5.76. The van der Waals surface area contributed by atoms with Gasteiger partial charge in [-0.1, -0.05) is 24.3 Å². The lowest BCUT2D eigenvalue weighted by atomic mass is 9.88. The highest BCUT2D eigenvalue weighted by atomic mass is 32.1. The Balaban J connectivity index is 1.95. The zero-order chi connectivity index (χ0) is 11.4. The van der Waals surface area contributed by atoms with Gasteiger partial charge in [-0.05, 0) is 36.1 Å². The summed E-state index contributed by atoms with van der Waals surface area (Å²) >= 11 is 4.06. The summed E-state index contributed by atoms with van der Waals surface area (Å²) in [7, 11) is 0. The Hall–Kier alpha value is -0.960. The average molecular weight is 235 g/mol. The van der Waals surface area contributed by atoms with Crippen LogP contribution in [-0.2, 0) is 17.6 Å². The Kier molecular flexibility index (Phi) is 3.88. The van der Waals surface area contributed by atoms with E-state index in [1.165, 1.54) is 11.1 Å². The molecule has 0 radical (unpaired) electrons. The molecule has 1 N–H and O–H groups in total. The number of thiol groups is 1. The number of hydrogen-bond donors (Lipinski definition) is 2. The van der Waals surface area contributed by atoms with Crippen molar-refractivity contribution < 1.29 is 4.79 Å². The van der Waals surface area contributed by atoms with Gasteiger partial charge in [-0.3, -0.25) is 4.79 Å². The number of carbonyl (C=O) groups is 1. The number of amides is 1. The fourth-order valence-electron chi connectivity index (χ4n) is 2.22. The largest absolute Gasteiger partial charge is 0.353 e. The predicted octanol–water partition coefficient (Wildman–Crippen LogP) is 1.98. The van der Waals surface area contributed by atoms with E-state index in [9.17, 15) is 4.79 Å². The highest BCUT2D eigenvalue weighted by molar-refractivity contribution is 7.80. The van der Waals surface area contributed by atoms with Gasteiger partial charge in [-0.15, -0.1) is 0 Å². The monoisotopic (exact) mass is 235 g/mol. The van der Waals surface area contributed by atoms with Crippen LogP contribution in [0, 0.1) is 0 Å². The minimum atomic E-state index is 0.124. The fourth-order valence-corrected chi connectivity index (χ4v) is 2.43. The van der Waals surface area contributed by atoms with Crippen molar-refractivity contribution in [3.05, 3.63) is 35.4 Å². The Morgan fingerprint density at radius 1 is 1.38 bits per heavy atom. The van der Waals surface area contributed by atoms with Crippen LogP contribution in [0.5, 0.6) is 0 Å². The standard InChI is InChI=1S/C13H17NOS/c15-13(7-8-16)14-12-6-5-10-3-1-2-4-11(10)9-12/h1-4,12,16H,5-9H2,(H,14,15). The molecule has 86 valence electrons. The molecule has 2 nitrogen and oxygen atoms in total. The number of aryl methyl sites for hydroxylation is 1. The molecule has 0 fully saturated rings. The van der Waals surface area contributed by atoms with Gasteiger partial charge in [0.1, 0.15) is 0 Å². The highest BCUT2D eigenvalue weighted by Gasteiger charge is 2.19. The molecule has 1 aromatic carbocycles. The summed E-state index contributed by atoms with van der Waals surface area (Å²) in [5.74, 6) is 0.745. The van der Waals surface area contributed by atoms with Gasteiger partial charge in [0.25, 0.3) is 0 Å². The maximum Gasteiger partial charge on any atom is 0.221 e. The minimum absolute atomic E-state index is 0.124. The van der Waals surface area contributed by atoms with E-state index in [0.717, 1.165) is 19.3 Å². The summed E-state index contributed by atoms with van der Waals surface area (Å²) in [6, 6.07) is 8.80. The van der Waals surface area contributed by atoms with Crippen LogP contribution in [0.2, 0.25) is 0 Å². The SMILES string of the molecule is O=C(CCS)NC1CCc2ccccc2C1. The number of nitrogens with one attached hydrogen (secondary N) is 1. The summed E-state index contributed by atoms with van der Waals surface area (Å²) in [6.45, 7) is 0. The van der Waals surface area contributed by atoms with E-state index < -0.39 is 0 Å². The molecule has 2 rings (SSSR count). The second-order valence-electron chi connectivity index (χ2n) is 4.25. The van der Waals surface area contributed by atoms with Crippen molar-refractivity contribution in [3.63, 3.8) is 0 Å². The van der Waals surface area contributed by atoms with Crippen molar-refractivity contribution in [1.82, 2.24) is 5.32 Å². The van der Waals surface area contributed by atoms with Gasteiger partial charge in [0.15, 0.2) is 0 Å². The van der Waals surface area contributed by atoms with Crippen LogP contribution in [0.3, 0.4) is 0 Å². The van der Waals surface area contributed by atoms with E-state index in [4.69, 9.17) is 0 Å². The van der Waals surface area contributed by atoms with Crippen molar-refractivity contribution in [3.8, 4) is 0 Å². The van der Waals surface area contributed by atoms with Crippen LogP contribution in [0.15, 0.2) is 24.3 Å². The summed E-state index contributed by atoms with van der Waals surface area (Å²) in [5.41, 5.74) is 2.81. The van der Waals surface area contributed by atoms with Gasteiger partial charge in [0.2, 0.25) is 5.91 Å². The molecule has 0 saturated heterocycles. The maximum atomic E-state index is 11.5. The Bertz CT molecular complexity index is 378. The second kappa shape index (κ2) is 5.39. The molecule has 1 aliphatic rings. The average Bonchev–Trinajstić information content (AvgIpc) is 2.29. The molecule has 0 saturated carbocycles.